The second-order valence-electron chi connectivity index (χ2n) is 7.62. The Labute approximate surface area is 187 Å². The fourth-order valence-corrected chi connectivity index (χ4v) is 3.58. The molecular formula is C21H22F2N6O4. The topological polar surface area (TPSA) is 139 Å². The number of carboxylic acid groups (broad SMARTS) is 1. The van der Waals surface area contributed by atoms with Crippen molar-refractivity contribution in [1.82, 2.24) is 20.5 Å². The van der Waals surface area contributed by atoms with Crippen molar-refractivity contribution >= 4 is 34.5 Å². The highest BCUT2D eigenvalue weighted by Crippen LogP contribution is 2.31. The molecule has 3 amide bonds. The molecule has 33 heavy (non-hydrogen) atoms. The van der Waals surface area contributed by atoms with Gasteiger partial charge in [0.25, 0.3) is 11.8 Å². The van der Waals surface area contributed by atoms with E-state index in [2.05, 4.69) is 15.6 Å². The number of halogens is 2. The van der Waals surface area contributed by atoms with Crippen LogP contribution in [0.2, 0.25) is 0 Å². The molecule has 0 unspecified atom stereocenters. The first kappa shape index (κ1) is 23.6. The minimum absolute atomic E-state index is 0.200. The van der Waals surface area contributed by atoms with Crippen LogP contribution in [0.3, 0.4) is 0 Å². The first-order chi connectivity index (χ1) is 15.6. The number of nitrogens with zero attached hydrogens (tertiary/aromatic N) is 4. The number of aromatic nitrogens is 1. The number of fused-ring (bicyclic) bond motifs is 1. The molecule has 1 aliphatic heterocycles. The quantitative estimate of drug-likeness (QED) is 0.568. The highest BCUT2D eigenvalue weighted by Gasteiger charge is 2.47. The van der Waals surface area contributed by atoms with Gasteiger partial charge in [0.1, 0.15) is 6.04 Å². The molecule has 12 heteroatoms. The van der Waals surface area contributed by atoms with Crippen LogP contribution in [0.5, 0.6) is 0 Å². The van der Waals surface area contributed by atoms with Crippen LogP contribution >= 0.6 is 0 Å². The molecule has 1 aromatic carbocycles. The van der Waals surface area contributed by atoms with E-state index in [4.69, 9.17) is 10.4 Å². The van der Waals surface area contributed by atoms with E-state index < -0.39 is 49.4 Å². The number of rotatable bonds is 7. The third kappa shape index (κ3) is 5.62. The number of nitrogens with one attached hydrogen (secondary N) is 2. The second kappa shape index (κ2) is 9.64. The fourth-order valence-electron chi connectivity index (χ4n) is 3.58. The number of hydrogen-bond donors (Lipinski definition) is 3. The summed E-state index contributed by atoms with van der Waals surface area (Å²) in [4.78, 5) is 42.5. The number of benzene rings is 1. The fraction of sp³-hybridized carbons (Fsp3) is 0.381. The van der Waals surface area contributed by atoms with Gasteiger partial charge in [-0.15, -0.1) is 0 Å². The van der Waals surface area contributed by atoms with Gasteiger partial charge in [0.05, 0.1) is 30.2 Å². The van der Waals surface area contributed by atoms with Gasteiger partial charge in [-0.05, 0) is 24.3 Å². The zero-order chi connectivity index (χ0) is 24.2. The Bertz CT molecular complexity index is 1120. The van der Waals surface area contributed by atoms with Crippen LogP contribution in [0.4, 0.5) is 19.3 Å². The van der Waals surface area contributed by atoms with Gasteiger partial charge in [0.2, 0.25) is 5.91 Å². The largest absolute Gasteiger partial charge is 0.465 e. The molecule has 3 N–H and O–H groups in total. The molecule has 1 aromatic heterocycles. The van der Waals surface area contributed by atoms with E-state index in [1.165, 1.54) is 12.3 Å². The Morgan fingerprint density at radius 3 is 2.79 bits per heavy atom. The summed E-state index contributed by atoms with van der Waals surface area (Å²) in [5.74, 6) is -4.50. The van der Waals surface area contributed by atoms with Crippen molar-refractivity contribution in [3.05, 3.63) is 36.0 Å². The van der Waals surface area contributed by atoms with Crippen LogP contribution < -0.4 is 15.5 Å². The monoisotopic (exact) mass is 460 g/mol. The Morgan fingerprint density at radius 2 is 2.09 bits per heavy atom. The molecule has 174 valence electrons. The van der Waals surface area contributed by atoms with Gasteiger partial charge in [-0.3, -0.25) is 14.6 Å². The van der Waals surface area contributed by atoms with E-state index >= 15 is 0 Å². The number of likely N-dealkylation sites (tertiary alicyclic amines) is 1. The van der Waals surface area contributed by atoms with Crippen LogP contribution in [0.15, 0.2) is 30.5 Å². The average molecular weight is 460 g/mol. The second-order valence-corrected chi connectivity index (χ2v) is 7.62. The molecule has 0 radical (unpaired) electrons. The number of nitriles is 1. The van der Waals surface area contributed by atoms with Crippen molar-refractivity contribution in [2.24, 2.45) is 0 Å². The van der Waals surface area contributed by atoms with E-state index in [1.54, 1.807) is 36.2 Å². The van der Waals surface area contributed by atoms with Crippen molar-refractivity contribution in [3.63, 3.8) is 0 Å². The molecular weight excluding hydrogens is 438 g/mol. The molecule has 2 aromatic rings. The predicted octanol–water partition coefficient (Wildman–Crippen LogP) is 1.43. The lowest BCUT2D eigenvalue weighted by atomic mass is 10.1. The molecule has 0 saturated carbocycles. The van der Waals surface area contributed by atoms with E-state index in [0.717, 1.165) is 4.90 Å². The number of pyridine rings is 1. The summed E-state index contributed by atoms with van der Waals surface area (Å²) in [5.41, 5.74) is 1.47. The zero-order valence-electron chi connectivity index (χ0n) is 17.7. The Morgan fingerprint density at radius 1 is 1.33 bits per heavy atom. The lowest BCUT2D eigenvalue weighted by Crippen LogP contribution is -2.43. The number of anilines is 1. The summed E-state index contributed by atoms with van der Waals surface area (Å²) in [6.45, 7) is -0.803. The van der Waals surface area contributed by atoms with Crippen LogP contribution in [-0.2, 0) is 4.79 Å². The third-order valence-electron chi connectivity index (χ3n) is 5.27. The van der Waals surface area contributed by atoms with Crippen LogP contribution in [-0.4, -0.2) is 78.1 Å². The van der Waals surface area contributed by atoms with Crippen molar-refractivity contribution in [2.45, 2.75) is 18.4 Å². The summed E-state index contributed by atoms with van der Waals surface area (Å²) >= 11 is 0. The summed E-state index contributed by atoms with van der Waals surface area (Å²) in [7, 11) is 1.76. The maximum atomic E-state index is 13.6. The minimum atomic E-state index is -3.14. The molecule has 10 nitrogen and oxygen atoms in total. The van der Waals surface area contributed by atoms with Gasteiger partial charge >= 0.3 is 6.09 Å². The molecule has 1 atom stereocenters. The van der Waals surface area contributed by atoms with Crippen LogP contribution in [0, 0.1) is 11.3 Å². The predicted molar refractivity (Wildman–Crippen MR) is 114 cm³/mol. The standard InChI is InChI=1S/C21H22F2N6O4/c1-28(7-6-26-20(32)33)13-2-3-17-16(8-13)15(4-5-25-17)19(31)27-11-18(30)29-12-21(22,23)9-14(29)10-24/h2-5,8,14,26H,6-7,9,11-12H2,1H3,(H,27,31)(H,32,33)/t14-/m0/s1. The van der Waals surface area contributed by atoms with Gasteiger partial charge in [-0.2, -0.15) is 5.26 Å². The smallest absolute Gasteiger partial charge is 0.404 e. The molecule has 1 saturated heterocycles. The normalized spacial score (nSPS) is 16.8. The van der Waals surface area contributed by atoms with Gasteiger partial charge in [0.15, 0.2) is 0 Å². The number of carbonyl (C=O) groups excluding carboxylic acids is 2. The highest BCUT2D eigenvalue weighted by atomic mass is 19.3. The minimum Gasteiger partial charge on any atom is -0.465 e. The Balaban J connectivity index is 1.72. The average Bonchev–Trinajstić information content (AvgIpc) is 3.10. The number of hydrogen-bond acceptors (Lipinski definition) is 6. The van der Waals surface area contributed by atoms with Gasteiger partial charge in [0, 0.05) is 43.8 Å². The molecule has 3 rings (SSSR count). The molecule has 2 heterocycles. The highest BCUT2D eigenvalue weighted by molar-refractivity contribution is 6.07. The van der Waals surface area contributed by atoms with Crippen LogP contribution in [0.1, 0.15) is 16.8 Å². The van der Waals surface area contributed by atoms with E-state index in [9.17, 15) is 23.2 Å². The van der Waals surface area contributed by atoms with Crippen molar-refractivity contribution < 1.29 is 28.3 Å². The van der Waals surface area contributed by atoms with Crippen molar-refractivity contribution in [3.8, 4) is 6.07 Å². The van der Waals surface area contributed by atoms with E-state index in [-0.39, 0.29) is 12.1 Å². The summed E-state index contributed by atoms with van der Waals surface area (Å²) in [5, 5.41) is 22.9. The Hall–Kier alpha value is -4.01. The van der Waals surface area contributed by atoms with Crippen molar-refractivity contribution in [2.75, 3.05) is 38.1 Å². The van der Waals surface area contributed by atoms with Gasteiger partial charge in [-0.1, -0.05) is 0 Å². The van der Waals surface area contributed by atoms with E-state index in [1.807, 2.05) is 0 Å². The maximum absolute atomic E-state index is 13.6. The molecule has 0 spiro atoms. The molecule has 1 aliphatic rings. The first-order valence-corrected chi connectivity index (χ1v) is 10.0. The third-order valence-corrected chi connectivity index (χ3v) is 5.27. The number of amides is 3. The SMILES string of the molecule is CN(CCNC(=O)O)c1ccc2nccc(C(=O)NCC(=O)N3CC(F)(F)C[C@H]3C#N)c2c1. The Kier molecular flexibility index (Phi) is 6.91. The molecule has 0 bridgehead atoms. The van der Waals surface area contributed by atoms with E-state index in [0.29, 0.717) is 23.1 Å². The maximum Gasteiger partial charge on any atom is 0.404 e. The number of carbonyl (C=O) groups is 3. The van der Waals surface area contributed by atoms with Crippen LogP contribution in [0.25, 0.3) is 10.9 Å². The zero-order valence-corrected chi connectivity index (χ0v) is 17.7. The number of likely N-dealkylation sites (N-methyl/N-ethyl adjacent to an activating group) is 1. The number of alkyl halides is 2. The summed E-state index contributed by atoms with van der Waals surface area (Å²) in [6, 6.07) is 7.13. The lowest BCUT2D eigenvalue weighted by Gasteiger charge is -2.20. The van der Waals surface area contributed by atoms with Crippen molar-refractivity contribution in [1.29, 1.82) is 5.26 Å². The van der Waals surface area contributed by atoms with Gasteiger partial charge < -0.3 is 25.5 Å². The molecule has 1 fully saturated rings. The molecule has 0 aliphatic carbocycles. The lowest BCUT2D eigenvalue weighted by molar-refractivity contribution is -0.131. The first-order valence-electron chi connectivity index (χ1n) is 10.0. The van der Waals surface area contributed by atoms with Gasteiger partial charge in [-0.25, -0.2) is 13.6 Å². The summed E-state index contributed by atoms with van der Waals surface area (Å²) in [6.07, 6.45) is -0.416. The summed E-state index contributed by atoms with van der Waals surface area (Å²) < 4.78 is 27.1.